The predicted octanol–water partition coefficient (Wildman–Crippen LogP) is 2.60. The minimum atomic E-state index is 0.0174. The van der Waals surface area contributed by atoms with E-state index in [9.17, 15) is 5.11 Å². The van der Waals surface area contributed by atoms with Crippen LogP contribution in [0.1, 0.15) is 44.9 Å². The van der Waals surface area contributed by atoms with Crippen molar-refractivity contribution >= 4 is 0 Å². The Morgan fingerprint density at radius 2 is 1.50 bits per heavy atom. The molecule has 0 aromatic carbocycles. The number of aliphatic hydroxyl groups is 1. The van der Waals surface area contributed by atoms with Gasteiger partial charge in [0.05, 0.1) is 18.3 Å². The lowest BCUT2D eigenvalue weighted by Crippen LogP contribution is -2.54. The van der Waals surface area contributed by atoms with Crippen molar-refractivity contribution in [2.45, 2.75) is 63.3 Å². The van der Waals surface area contributed by atoms with Crippen LogP contribution in [0.4, 0.5) is 0 Å². The largest absolute Gasteiger partial charge is 0.393 e. The van der Waals surface area contributed by atoms with Crippen LogP contribution in [0.15, 0.2) is 0 Å². The first-order valence-electron chi connectivity index (χ1n) is 8.16. The van der Waals surface area contributed by atoms with Gasteiger partial charge in [0.1, 0.15) is 0 Å². The van der Waals surface area contributed by atoms with Crippen molar-refractivity contribution in [2.75, 3.05) is 0 Å². The van der Waals surface area contributed by atoms with Crippen molar-refractivity contribution in [1.82, 2.24) is 0 Å². The van der Waals surface area contributed by atoms with Crippen LogP contribution in [0.3, 0.4) is 0 Å². The molecular formula is C16H24O2. The normalized spacial score (nSPS) is 64.8. The number of hydrogen-bond donors (Lipinski definition) is 1. The Labute approximate surface area is 109 Å². The van der Waals surface area contributed by atoms with Gasteiger partial charge in [-0.2, -0.15) is 0 Å². The lowest BCUT2D eigenvalue weighted by Gasteiger charge is -2.57. The Morgan fingerprint density at radius 3 is 2.44 bits per heavy atom. The average molecular weight is 248 g/mol. The molecule has 0 aromatic rings. The van der Waals surface area contributed by atoms with E-state index in [0.717, 1.165) is 36.0 Å². The summed E-state index contributed by atoms with van der Waals surface area (Å²) in [5.41, 5.74) is 0. The van der Waals surface area contributed by atoms with E-state index in [4.69, 9.17) is 4.74 Å². The van der Waals surface area contributed by atoms with Gasteiger partial charge in [0, 0.05) is 0 Å². The topological polar surface area (TPSA) is 32.8 Å². The van der Waals surface area contributed by atoms with Gasteiger partial charge in [0.2, 0.25) is 0 Å². The van der Waals surface area contributed by atoms with Gasteiger partial charge >= 0.3 is 0 Å². The van der Waals surface area contributed by atoms with Crippen molar-refractivity contribution in [3.05, 3.63) is 0 Å². The summed E-state index contributed by atoms with van der Waals surface area (Å²) >= 11 is 0. The zero-order valence-corrected chi connectivity index (χ0v) is 11.0. The summed E-state index contributed by atoms with van der Waals surface area (Å²) < 4.78 is 5.94. The predicted molar refractivity (Wildman–Crippen MR) is 67.9 cm³/mol. The molecule has 5 rings (SSSR count). The molecular weight excluding hydrogens is 224 g/mol. The molecule has 1 heterocycles. The monoisotopic (exact) mass is 248 g/mol. The molecule has 100 valence electrons. The Hall–Kier alpha value is -0.0800. The highest BCUT2D eigenvalue weighted by Crippen LogP contribution is 2.63. The second-order valence-electron chi connectivity index (χ2n) is 7.68. The Balaban J connectivity index is 1.53. The standard InChI is InChI=1S/C16H24O2/c17-12-6-3-8-1-5-11-15-9(7-13-16(11)18-13)2-4-10(12)14(8)15/h8-17H,1-7H2. The summed E-state index contributed by atoms with van der Waals surface area (Å²) in [6, 6.07) is 0. The molecule has 9 atom stereocenters. The Bertz CT molecular complexity index is 364. The van der Waals surface area contributed by atoms with E-state index >= 15 is 0 Å². The third-order valence-corrected chi connectivity index (χ3v) is 7.17. The highest BCUT2D eigenvalue weighted by Gasteiger charge is 2.62. The van der Waals surface area contributed by atoms with Crippen molar-refractivity contribution < 1.29 is 9.84 Å². The molecule has 5 fully saturated rings. The highest BCUT2D eigenvalue weighted by atomic mass is 16.6. The van der Waals surface area contributed by atoms with Crippen molar-refractivity contribution in [3.63, 3.8) is 0 Å². The van der Waals surface area contributed by atoms with E-state index in [-0.39, 0.29) is 6.10 Å². The molecule has 2 nitrogen and oxygen atoms in total. The fourth-order valence-corrected chi connectivity index (χ4v) is 6.55. The first-order chi connectivity index (χ1) is 8.83. The number of epoxide rings is 1. The molecule has 1 N–H and O–H groups in total. The van der Waals surface area contributed by atoms with E-state index < -0.39 is 0 Å². The van der Waals surface area contributed by atoms with Gasteiger partial charge < -0.3 is 9.84 Å². The fraction of sp³-hybridized carbons (Fsp3) is 1.00. The second kappa shape index (κ2) is 3.52. The Morgan fingerprint density at radius 1 is 0.778 bits per heavy atom. The number of aliphatic hydroxyl groups excluding tert-OH is 1. The molecule has 5 aliphatic rings. The number of rotatable bonds is 0. The maximum Gasteiger partial charge on any atom is 0.0872 e. The Kier molecular flexibility index (Phi) is 2.09. The van der Waals surface area contributed by atoms with Gasteiger partial charge in [-0.15, -0.1) is 0 Å². The fourth-order valence-electron chi connectivity index (χ4n) is 6.55. The van der Waals surface area contributed by atoms with Gasteiger partial charge in [0.15, 0.2) is 0 Å². The van der Waals surface area contributed by atoms with Gasteiger partial charge in [-0.1, -0.05) is 0 Å². The highest BCUT2D eigenvalue weighted by molar-refractivity contribution is 5.10. The zero-order valence-electron chi connectivity index (χ0n) is 11.0. The summed E-state index contributed by atoms with van der Waals surface area (Å²) in [7, 11) is 0. The van der Waals surface area contributed by atoms with Gasteiger partial charge in [0.25, 0.3) is 0 Å². The molecule has 0 spiro atoms. The summed E-state index contributed by atoms with van der Waals surface area (Å²) in [5.74, 6) is 5.16. The van der Waals surface area contributed by atoms with Gasteiger partial charge in [-0.3, -0.25) is 0 Å². The van der Waals surface area contributed by atoms with Crippen molar-refractivity contribution in [3.8, 4) is 0 Å². The summed E-state index contributed by atoms with van der Waals surface area (Å²) in [5, 5.41) is 10.4. The minimum absolute atomic E-state index is 0.0174. The van der Waals surface area contributed by atoms with E-state index in [1.807, 2.05) is 0 Å². The quantitative estimate of drug-likeness (QED) is 0.668. The van der Waals surface area contributed by atoms with Crippen LogP contribution in [0.2, 0.25) is 0 Å². The molecule has 18 heavy (non-hydrogen) atoms. The number of fused-ring (bicyclic) bond motifs is 2. The van der Waals surface area contributed by atoms with Crippen LogP contribution in [0.5, 0.6) is 0 Å². The molecule has 9 unspecified atom stereocenters. The molecule has 4 saturated carbocycles. The van der Waals surface area contributed by atoms with Crippen LogP contribution < -0.4 is 0 Å². The molecule has 0 radical (unpaired) electrons. The molecule has 0 amide bonds. The summed E-state index contributed by atoms with van der Waals surface area (Å²) in [6.45, 7) is 0. The maximum absolute atomic E-state index is 10.4. The third kappa shape index (κ3) is 1.27. The van der Waals surface area contributed by atoms with E-state index in [1.54, 1.807) is 0 Å². The second-order valence-corrected chi connectivity index (χ2v) is 7.68. The van der Waals surface area contributed by atoms with E-state index in [2.05, 4.69) is 0 Å². The van der Waals surface area contributed by atoms with Crippen LogP contribution in [-0.4, -0.2) is 23.4 Å². The number of hydrogen-bond acceptors (Lipinski definition) is 2. The SMILES string of the molecule is OC1CCC2CCC3C4OC4CC4CCC1C2C43. The summed E-state index contributed by atoms with van der Waals surface area (Å²) in [6.07, 6.45) is 10.5. The molecule has 0 aromatic heterocycles. The van der Waals surface area contributed by atoms with Gasteiger partial charge in [-0.25, -0.2) is 0 Å². The number of ether oxygens (including phenoxy) is 1. The molecule has 0 bridgehead atoms. The van der Waals surface area contributed by atoms with Crippen LogP contribution in [-0.2, 0) is 4.74 Å². The lowest BCUT2D eigenvalue weighted by molar-refractivity contribution is -0.115. The average Bonchev–Trinajstić information content (AvgIpc) is 3.16. The van der Waals surface area contributed by atoms with Crippen LogP contribution >= 0.6 is 0 Å². The van der Waals surface area contributed by atoms with Crippen molar-refractivity contribution in [1.29, 1.82) is 0 Å². The smallest absolute Gasteiger partial charge is 0.0872 e. The minimum Gasteiger partial charge on any atom is -0.393 e. The zero-order chi connectivity index (χ0) is 11.9. The first kappa shape index (κ1) is 10.7. The van der Waals surface area contributed by atoms with Crippen LogP contribution in [0.25, 0.3) is 0 Å². The van der Waals surface area contributed by atoms with Crippen LogP contribution in [0, 0.1) is 35.5 Å². The lowest BCUT2D eigenvalue weighted by atomic mass is 9.48. The molecule has 1 saturated heterocycles. The van der Waals surface area contributed by atoms with Gasteiger partial charge in [-0.05, 0) is 80.5 Å². The van der Waals surface area contributed by atoms with Crippen molar-refractivity contribution in [2.24, 2.45) is 35.5 Å². The molecule has 2 heteroatoms. The van der Waals surface area contributed by atoms with E-state index in [0.29, 0.717) is 18.1 Å². The van der Waals surface area contributed by atoms with E-state index in [1.165, 1.54) is 38.5 Å². The molecule has 4 aliphatic carbocycles. The first-order valence-corrected chi connectivity index (χ1v) is 8.16. The third-order valence-electron chi connectivity index (χ3n) is 7.17. The molecule has 1 aliphatic heterocycles. The maximum atomic E-state index is 10.4. The summed E-state index contributed by atoms with van der Waals surface area (Å²) in [4.78, 5) is 0.